The van der Waals surface area contributed by atoms with Crippen molar-refractivity contribution in [1.29, 1.82) is 0 Å². The van der Waals surface area contributed by atoms with Gasteiger partial charge in [0.2, 0.25) is 0 Å². The smallest absolute Gasteiger partial charge is 0.137 e. The lowest BCUT2D eigenvalue weighted by Crippen LogP contribution is -2.24. The van der Waals surface area contributed by atoms with Crippen molar-refractivity contribution in [3.63, 3.8) is 0 Å². The van der Waals surface area contributed by atoms with Gasteiger partial charge in [0.05, 0.1) is 28.7 Å². The van der Waals surface area contributed by atoms with E-state index < -0.39 is 0 Å². The summed E-state index contributed by atoms with van der Waals surface area (Å²) in [6.45, 7) is 9.62. The largest absolute Gasteiger partial charge is 0.457 e. The number of aryl methyl sites for hydroxylation is 1. The van der Waals surface area contributed by atoms with Crippen LogP contribution in [-0.2, 0) is 5.41 Å². The van der Waals surface area contributed by atoms with Crippen molar-refractivity contribution in [2.45, 2.75) is 33.1 Å². The van der Waals surface area contributed by atoms with E-state index >= 15 is 0 Å². The Morgan fingerprint density at radius 1 is 0.492 bits per heavy atom. The van der Waals surface area contributed by atoms with E-state index in [0.29, 0.717) is 6.67 Å². The lowest BCUT2D eigenvalue weighted by Gasteiger charge is -2.24. The van der Waals surface area contributed by atoms with Gasteiger partial charge in [0.1, 0.15) is 17.3 Å². The molecule has 0 fully saturated rings. The van der Waals surface area contributed by atoms with Crippen molar-refractivity contribution in [3.8, 4) is 45.3 Å². The van der Waals surface area contributed by atoms with Gasteiger partial charge in [-0.25, -0.2) is 4.98 Å². The number of ether oxygens (including phenoxy) is 1. The SMILES string of the molecule is Cc1cc(-n2c3cc(Oc4cc(-c5ccccc5)cc(N5C=CN(c6ccc(C(C)(C)C)cc6)C5)c4)ccc3c3c2c2ccccc2n3-c2ccccc2)ncc1-c1ccccc1. The van der Waals surface area contributed by atoms with E-state index in [9.17, 15) is 0 Å². The molecule has 1 aliphatic heterocycles. The maximum absolute atomic E-state index is 6.97. The quantitative estimate of drug-likeness (QED) is 0.153. The van der Waals surface area contributed by atoms with Gasteiger partial charge in [-0.05, 0) is 101 Å². The topological polar surface area (TPSA) is 38.5 Å². The van der Waals surface area contributed by atoms with E-state index in [0.717, 1.165) is 95.0 Å². The average Bonchev–Trinajstić information content (AvgIpc) is 4.03. The molecule has 4 heterocycles. The van der Waals surface area contributed by atoms with Crippen LogP contribution in [0, 0.1) is 6.92 Å². The summed E-state index contributed by atoms with van der Waals surface area (Å²) in [5.41, 5.74) is 14.8. The Labute approximate surface area is 368 Å². The van der Waals surface area contributed by atoms with Gasteiger partial charge in [-0.3, -0.25) is 4.57 Å². The van der Waals surface area contributed by atoms with Crippen LogP contribution < -0.4 is 14.5 Å². The first-order valence-electron chi connectivity index (χ1n) is 21.6. The first kappa shape index (κ1) is 38.1. The molecule has 10 aromatic rings. The molecule has 0 N–H and O–H groups in total. The van der Waals surface area contributed by atoms with Gasteiger partial charge in [-0.2, -0.15) is 0 Å². The molecule has 0 bridgehead atoms. The summed E-state index contributed by atoms with van der Waals surface area (Å²) in [5, 5.41) is 2.26. The second kappa shape index (κ2) is 15.3. The highest BCUT2D eigenvalue weighted by Crippen LogP contribution is 2.43. The van der Waals surface area contributed by atoms with Crippen LogP contribution in [0.1, 0.15) is 31.9 Å². The van der Waals surface area contributed by atoms with Gasteiger partial charge in [-0.1, -0.05) is 130 Å². The number of hydrogen-bond donors (Lipinski definition) is 0. The fourth-order valence-electron chi connectivity index (χ4n) is 9.09. The number of hydrogen-bond acceptors (Lipinski definition) is 4. The zero-order valence-corrected chi connectivity index (χ0v) is 35.9. The molecule has 0 amide bonds. The van der Waals surface area contributed by atoms with E-state index in [1.54, 1.807) is 0 Å². The number of anilines is 2. The van der Waals surface area contributed by atoms with E-state index in [2.05, 4.69) is 241 Å². The number of rotatable bonds is 8. The number of nitrogens with zero attached hydrogens (tertiary/aromatic N) is 5. The third-order valence-corrected chi connectivity index (χ3v) is 12.3. The van der Waals surface area contributed by atoms with Gasteiger partial charge < -0.3 is 19.1 Å². The van der Waals surface area contributed by atoms with Crippen molar-refractivity contribution in [2.24, 2.45) is 0 Å². The maximum atomic E-state index is 6.97. The third kappa shape index (κ3) is 6.90. The van der Waals surface area contributed by atoms with Crippen LogP contribution in [0.15, 0.2) is 201 Å². The van der Waals surface area contributed by atoms with Crippen LogP contribution in [0.4, 0.5) is 11.4 Å². The standard InChI is InChI=1S/C57H47N5O/c1-39-32-54(58-37-51(39)41-18-10-6-11-19-41)62-53-36-47(28-29-50(53)55-56(62)49-22-14-15-23-52(49)61(55)45-20-12-7-13-21-45)63-48-34-42(40-16-8-5-9-17-40)33-46(35-48)60-31-30-59(38-60)44-26-24-43(25-27-44)57(2,3)4/h5-37H,38H2,1-4H3. The van der Waals surface area contributed by atoms with Crippen molar-refractivity contribution >= 4 is 44.2 Å². The predicted molar refractivity (Wildman–Crippen MR) is 262 cm³/mol. The molecule has 0 atom stereocenters. The Balaban J connectivity index is 1.04. The van der Waals surface area contributed by atoms with Crippen LogP contribution in [0.5, 0.6) is 11.5 Å². The zero-order chi connectivity index (χ0) is 42.7. The highest BCUT2D eigenvalue weighted by molar-refractivity contribution is 6.20. The molecule has 0 unspecified atom stereocenters. The summed E-state index contributed by atoms with van der Waals surface area (Å²) in [4.78, 5) is 9.76. The fraction of sp³-hybridized carbons (Fsp3) is 0.105. The highest BCUT2D eigenvalue weighted by Gasteiger charge is 2.24. The molecule has 0 spiro atoms. The summed E-state index contributed by atoms with van der Waals surface area (Å²) >= 11 is 0. The fourth-order valence-corrected chi connectivity index (χ4v) is 9.09. The molecule has 0 saturated heterocycles. The summed E-state index contributed by atoms with van der Waals surface area (Å²) in [7, 11) is 0. The highest BCUT2D eigenvalue weighted by atomic mass is 16.5. The van der Waals surface area contributed by atoms with E-state index in [-0.39, 0.29) is 5.41 Å². The minimum absolute atomic E-state index is 0.103. The molecule has 0 radical (unpaired) electrons. The van der Waals surface area contributed by atoms with Crippen molar-refractivity contribution in [2.75, 3.05) is 16.5 Å². The molecule has 6 nitrogen and oxygen atoms in total. The normalized spacial score (nSPS) is 12.9. The van der Waals surface area contributed by atoms with Gasteiger partial charge in [0.25, 0.3) is 0 Å². The number of para-hydroxylation sites is 2. The first-order valence-corrected chi connectivity index (χ1v) is 21.6. The Hall–Kier alpha value is -7.83. The molecular weight excluding hydrogens is 771 g/mol. The first-order chi connectivity index (χ1) is 30.8. The predicted octanol–water partition coefficient (Wildman–Crippen LogP) is 14.6. The van der Waals surface area contributed by atoms with Crippen LogP contribution in [-0.4, -0.2) is 20.8 Å². The molecule has 6 heteroatoms. The summed E-state index contributed by atoms with van der Waals surface area (Å²) in [6, 6.07) is 64.5. The maximum Gasteiger partial charge on any atom is 0.137 e. The second-order valence-electron chi connectivity index (χ2n) is 17.5. The Morgan fingerprint density at radius 3 is 1.84 bits per heavy atom. The summed E-state index contributed by atoms with van der Waals surface area (Å²) in [6.07, 6.45) is 6.32. The lowest BCUT2D eigenvalue weighted by molar-refractivity contribution is 0.483. The van der Waals surface area contributed by atoms with Crippen LogP contribution in [0.25, 0.3) is 66.6 Å². The Morgan fingerprint density at radius 2 is 1.13 bits per heavy atom. The minimum Gasteiger partial charge on any atom is -0.457 e. The number of fused-ring (bicyclic) bond motifs is 5. The molecule has 63 heavy (non-hydrogen) atoms. The monoisotopic (exact) mass is 817 g/mol. The molecule has 306 valence electrons. The molecular formula is C57H47N5O. The van der Waals surface area contributed by atoms with E-state index in [4.69, 9.17) is 9.72 Å². The van der Waals surface area contributed by atoms with Crippen LogP contribution >= 0.6 is 0 Å². The minimum atomic E-state index is 0.103. The molecule has 3 aromatic heterocycles. The van der Waals surface area contributed by atoms with Crippen LogP contribution in [0.3, 0.4) is 0 Å². The third-order valence-electron chi connectivity index (χ3n) is 12.3. The number of pyridine rings is 1. The van der Waals surface area contributed by atoms with Crippen molar-refractivity contribution in [1.82, 2.24) is 14.1 Å². The Bertz CT molecular complexity index is 3320. The van der Waals surface area contributed by atoms with E-state index in [1.165, 1.54) is 5.56 Å². The van der Waals surface area contributed by atoms with Crippen LogP contribution in [0.2, 0.25) is 0 Å². The lowest BCUT2D eigenvalue weighted by atomic mass is 9.87. The Kier molecular flexibility index (Phi) is 9.23. The molecule has 0 saturated carbocycles. The molecule has 11 rings (SSSR count). The average molecular weight is 818 g/mol. The van der Waals surface area contributed by atoms with Crippen molar-refractivity contribution < 1.29 is 4.74 Å². The second-order valence-corrected chi connectivity index (χ2v) is 17.5. The molecule has 7 aromatic carbocycles. The van der Waals surface area contributed by atoms with Gasteiger partial charge in [0, 0.05) is 64.1 Å². The summed E-state index contributed by atoms with van der Waals surface area (Å²) < 4.78 is 11.7. The van der Waals surface area contributed by atoms with E-state index in [1.807, 2.05) is 6.20 Å². The number of aromatic nitrogens is 3. The molecule has 1 aliphatic rings. The number of benzene rings is 7. The molecule has 0 aliphatic carbocycles. The van der Waals surface area contributed by atoms with Gasteiger partial charge in [0.15, 0.2) is 0 Å². The summed E-state index contributed by atoms with van der Waals surface area (Å²) in [5.74, 6) is 2.35. The van der Waals surface area contributed by atoms with Crippen molar-refractivity contribution in [3.05, 3.63) is 212 Å². The van der Waals surface area contributed by atoms with Gasteiger partial charge in [-0.15, -0.1) is 0 Å². The zero-order valence-electron chi connectivity index (χ0n) is 35.9. The van der Waals surface area contributed by atoms with Gasteiger partial charge >= 0.3 is 0 Å².